The van der Waals surface area contributed by atoms with Crippen molar-refractivity contribution in [3.63, 3.8) is 0 Å². The molecule has 0 aromatic carbocycles. The van der Waals surface area contributed by atoms with Gasteiger partial charge in [0, 0.05) is 25.1 Å². The predicted molar refractivity (Wildman–Crippen MR) is 119 cm³/mol. The van der Waals surface area contributed by atoms with Crippen molar-refractivity contribution in [1.82, 2.24) is 4.90 Å². The summed E-state index contributed by atoms with van der Waals surface area (Å²) in [7, 11) is 0. The highest BCUT2D eigenvalue weighted by molar-refractivity contribution is 6.02. The molecule has 0 saturated carbocycles. The van der Waals surface area contributed by atoms with E-state index in [1.807, 2.05) is 18.7 Å². The molecule has 0 saturated heterocycles. The van der Waals surface area contributed by atoms with Crippen molar-refractivity contribution in [1.29, 1.82) is 0 Å². The average Bonchev–Trinajstić information content (AvgIpc) is 2.79. The van der Waals surface area contributed by atoms with Crippen molar-refractivity contribution in [2.24, 2.45) is 27.2 Å². The smallest absolute Gasteiger partial charge is 0.250 e. The molecule has 0 radical (unpaired) electrons. The molecule has 1 aliphatic heterocycles. The van der Waals surface area contributed by atoms with Gasteiger partial charge < -0.3 is 22.1 Å². The third-order valence-corrected chi connectivity index (χ3v) is 3.42. The minimum Gasteiger partial charge on any atom is -0.397 e. The van der Waals surface area contributed by atoms with Gasteiger partial charge in [-0.15, -0.1) is 0 Å². The average molecular weight is 389 g/mol. The third kappa shape index (κ3) is 9.93. The Labute approximate surface area is 169 Å². The van der Waals surface area contributed by atoms with Gasteiger partial charge in [-0.1, -0.05) is 46.0 Å². The van der Waals surface area contributed by atoms with Crippen LogP contribution in [0.15, 0.2) is 33.0 Å². The summed E-state index contributed by atoms with van der Waals surface area (Å²) in [5.41, 5.74) is 18.7. The largest absolute Gasteiger partial charge is 0.397 e. The topological polar surface area (TPSA) is 123 Å². The van der Waals surface area contributed by atoms with E-state index in [-0.39, 0.29) is 12.3 Å². The summed E-state index contributed by atoms with van der Waals surface area (Å²) in [6.07, 6.45) is 6.49. The van der Waals surface area contributed by atoms with Gasteiger partial charge in [0.1, 0.15) is 11.5 Å². The first-order valence-corrected chi connectivity index (χ1v) is 9.93. The summed E-state index contributed by atoms with van der Waals surface area (Å²) in [4.78, 5) is 23.0. The van der Waals surface area contributed by atoms with E-state index in [0.717, 1.165) is 12.8 Å². The molecule has 7 heteroatoms. The molecule has 0 fully saturated rings. The van der Waals surface area contributed by atoms with Gasteiger partial charge in [0.05, 0.1) is 25.0 Å². The molecule has 0 aromatic rings. The number of amidine groups is 1. The summed E-state index contributed by atoms with van der Waals surface area (Å²) < 4.78 is 0. The minimum absolute atomic E-state index is 0.0446. The second kappa shape index (κ2) is 15.5. The van der Waals surface area contributed by atoms with E-state index in [4.69, 9.17) is 17.2 Å². The molecule has 0 aromatic heterocycles. The van der Waals surface area contributed by atoms with Crippen LogP contribution in [0, 0.1) is 11.8 Å². The first-order chi connectivity index (χ1) is 13.4. The van der Waals surface area contributed by atoms with Gasteiger partial charge >= 0.3 is 0 Å². The van der Waals surface area contributed by atoms with Crippen molar-refractivity contribution >= 4 is 18.0 Å². The SMILES string of the molecule is CCC.CCCN(CCC)C(=O)C1=CC(N)=C(C=NCC#CCN)N=C(N)C1. The Kier molecular flexibility index (Phi) is 14.0. The molecule has 0 unspecified atom stereocenters. The van der Waals surface area contributed by atoms with Gasteiger partial charge in [-0.2, -0.15) is 0 Å². The maximum Gasteiger partial charge on any atom is 0.250 e. The molecule has 0 spiro atoms. The van der Waals surface area contributed by atoms with E-state index in [2.05, 4.69) is 35.7 Å². The number of hydrogen-bond acceptors (Lipinski definition) is 6. The molecule has 1 amide bonds. The van der Waals surface area contributed by atoms with E-state index < -0.39 is 0 Å². The number of carbonyl (C=O) groups is 1. The molecule has 6 N–H and O–H groups in total. The van der Waals surface area contributed by atoms with Gasteiger partial charge in [-0.3, -0.25) is 9.79 Å². The molecule has 0 bridgehead atoms. The van der Waals surface area contributed by atoms with Gasteiger partial charge in [-0.25, -0.2) is 4.99 Å². The van der Waals surface area contributed by atoms with E-state index in [1.54, 1.807) is 6.08 Å². The zero-order chi connectivity index (χ0) is 21.4. The number of aliphatic imine (C=N–C) groups is 2. The highest BCUT2D eigenvalue weighted by Gasteiger charge is 2.20. The number of carbonyl (C=O) groups excluding carboxylic acids is 1. The van der Waals surface area contributed by atoms with Crippen molar-refractivity contribution in [2.45, 2.75) is 53.4 Å². The quantitative estimate of drug-likeness (QED) is 0.455. The normalized spacial score (nSPS) is 13.6. The Bertz CT molecular complexity index is 658. The lowest BCUT2D eigenvalue weighted by atomic mass is 10.1. The van der Waals surface area contributed by atoms with Gasteiger partial charge in [0.25, 0.3) is 0 Å². The maximum atomic E-state index is 12.8. The van der Waals surface area contributed by atoms with E-state index in [0.29, 0.717) is 49.0 Å². The van der Waals surface area contributed by atoms with Crippen LogP contribution in [0.25, 0.3) is 0 Å². The van der Waals surface area contributed by atoms with Crippen LogP contribution in [0.2, 0.25) is 0 Å². The number of rotatable bonds is 7. The van der Waals surface area contributed by atoms with Crippen molar-refractivity contribution in [3.8, 4) is 11.8 Å². The van der Waals surface area contributed by atoms with Crippen LogP contribution < -0.4 is 17.2 Å². The number of hydrogen-bond donors (Lipinski definition) is 3. The first kappa shape index (κ1) is 25.4. The lowest BCUT2D eigenvalue weighted by Gasteiger charge is -2.22. The van der Waals surface area contributed by atoms with Gasteiger partial charge in [-0.05, 0) is 18.9 Å². The maximum absolute atomic E-state index is 12.8. The van der Waals surface area contributed by atoms with Crippen LogP contribution in [-0.2, 0) is 4.79 Å². The zero-order valence-corrected chi connectivity index (χ0v) is 17.8. The second-order valence-corrected chi connectivity index (χ2v) is 6.32. The fourth-order valence-electron chi connectivity index (χ4n) is 2.37. The number of amides is 1. The fourth-order valence-corrected chi connectivity index (χ4v) is 2.37. The molecule has 0 atom stereocenters. The molecule has 1 heterocycles. The zero-order valence-electron chi connectivity index (χ0n) is 17.8. The Morgan fingerprint density at radius 1 is 1.21 bits per heavy atom. The highest BCUT2D eigenvalue weighted by atomic mass is 16.2. The van der Waals surface area contributed by atoms with E-state index in [9.17, 15) is 4.79 Å². The Morgan fingerprint density at radius 2 is 1.82 bits per heavy atom. The lowest BCUT2D eigenvalue weighted by Crippen LogP contribution is -2.34. The monoisotopic (exact) mass is 388 g/mol. The van der Waals surface area contributed by atoms with Crippen LogP contribution >= 0.6 is 0 Å². The first-order valence-electron chi connectivity index (χ1n) is 9.93. The van der Waals surface area contributed by atoms with Crippen LogP contribution in [0.4, 0.5) is 0 Å². The van der Waals surface area contributed by atoms with Crippen molar-refractivity contribution < 1.29 is 4.79 Å². The Morgan fingerprint density at radius 3 is 2.36 bits per heavy atom. The van der Waals surface area contributed by atoms with Crippen LogP contribution in [0.3, 0.4) is 0 Å². The second-order valence-electron chi connectivity index (χ2n) is 6.32. The van der Waals surface area contributed by atoms with E-state index in [1.165, 1.54) is 12.6 Å². The molecule has 1 aliphatic rings. The molecular weight excluding hydrogens is 352 g/mol. The molecular formula is C21H36N6O. The Hall–Kier alpha value is -2.59. The van der Waals surface area contributed by atoms with Crippen LogP contribution in [0.5, 0.6) is 0 Å². The van der Waals surface area contributed by atoms with Gasteiger partial charge in [0.15, 0.2) is 0 Å². The summed E-state index contributed by atoms with van der Waals surface area (Å²) in [6, 6.07) is 0. The minimum atomic E-state index is -0.0446. The molecule has 1 rings (SSSR count). The summed E-state index contributed by atoms with van der Waals surface area (Å²) >= 11 is 0. The third-order valence-electron chi connectivity index (χ3n) is 3.42. The standard InChI is InChI=1S/C18H28N6O.C3H8/c1-3-9-24(10-4-2)18(25)14-11-15(20)16(23-17(21)12-14)13-22-8-6-5-7-19;1-3-2/h11,13H,3-4,7-10,12,19-20H2,1-2H3,(H2,21,23);3H2,1-2H3. The van der Waals surface area contributed by atoms with Gasteiger partial charge in [0.2, 0.25) is 5.91 Å². The van der Waals surface area contributed by atoms with Crippen LogP contribution in [0.1, 0.15) is 53.4 Å². The number of allylic oxidation sites excluding steroid dienone is 2. The summed E-state index contributed by atoms with van der Waals surface area (Å²) in [5, 5.41) is 0. The number of nitrogens with two attached hydrogens (primary N) is 3. The van der Waals surface area contributed by atoms with E-state index >= 15 is 0 Å². The lowest BCUT2D eigenvalue weighted by molar-refractivity contribution is -0.127. The van der Waals surface area contributed by atoms with Crippen molar-refractivity contribution in [2.75, 3.05) is 26.2 Å². The molecule has 156 valence electrons. The fraction of sp³-hybridized carbons (Fsp3) is 0.571. The molecule has 28 heavy (non-hydrogen) atoms. The summed E-state index contributed by atoms with van der Waals surface area (Å²) in [6.45, 7) is 10.4. The number of nitrogens with zero attached hydrogens (tertiary/aromatic N) is 3. The molecule has 7 nitrogen and oxygen atoms in total. The van der Waals surface area contributed by atoms with Crippen LogP contribution in [-0.4, -0.2) is 49.0 Å². The predicted octanol–water partition coefficient (Wildman–Crippen LogP) is 1.94. The van der Waals surface area contributed by atoms with Crippen molar-refractivity contribution in [3.05, 3.63) is 23.0 Å². The molecule has 0 aliphatic carbocycles. The summed E-state index contributed by atoms with van der Waals surface area (Å²) in [5.74, 6) is 5.81. The Balaban J connectivity index is 0.00000227. The highest BCUT2D eigenvalue weighted by Crippen LogP contribution is 2.16.